The standard InChI is InChI=1S/C13H26N2/c1-4-6-8-15(5-2)9-7-13-10-12(3)11-14-13/h4,12-14H,1,5-11H2,2-3H3. The highest BCUT2D eigenvalue weighted by molar-refractivity contribution is 4.80. The molecule has 0 spiro atoms. The first-order chi connectivity index (χ1) is 7.26. The maximum Gasteiger partial charge on any atom is 0.00823 e. The predicted octanol–water partition coefficient (Wildman–Crippen LogP) is 2.27. The van der Waals surface area contributed by atoms with Gasteiger partial charge in [0.05, 0.1) is 0 Å². The van der Waals surface area contributed by atoms with Crippen LogP contribution in [-0.2, 0) is 0 Å². The average molecular weight is 210 g/mol. The lowest BCUT2D eigenvalue weighted by Gasteiger charge is -2.21. The molecule has 0 saturated carbocycles. The Morgan fingerprint density at radius 2 is 2.27 bits per heavy atom. The minimum absolute atomic E-state index is 0.762. The third kappa shape index (κ3) is 4.80. The fourth-order valence-electron chi connectivity index (χ4n) is 2.28. The molecule has 0 bridgehead atoms. The molecule has 1 fully saturated rings. The van der Waals surface area contributed by atoms with Gasteiger partial charge in [-0.05, 0) is 44.8 Å². The Morgan fingerprint density at radius 1 is 1.47 bits per heavy atom. The van der Waals surface area contributed by atoms with Gasteiger partial charge in [-0.1, -0.05) is 19.9 Å². The zero-order valence-electron chi connectivity index (χ0n) is 10.3. The molecule has 0 aromatic heterocycles. The Balaban J connectivity index is 2.13. The number of hydrogen-bond donors (Lipinski definition) is 1. The van der Waals surface area contributed by atoms with Crippen LogP contribution in [0.25, 0.3) is 0 Å². The van der Waals surface area contributed by atoms with E-state index in [4.69, 9.17) is 0 Å². The highest BCUT2D eigenvalue weighted by Crippen LogP contribution is 2.15. The summed E-state index contributed by atoms with van der Waals surface area (Å²) >= 11 is 0. The van der Waals surface area contributed by atoms with Crippen molar-refractivity contribution in [2.75, 3.05) is 26.2 Å². The smallest absolute Gasteiger partial charge is 0.00823 e. The summed E-state index contributed by atoms with van der Waals surface area (Å²) in [6.45, 7) is 13.1. The first-order valence-corrected chi connectivity index (χ1v) is 6.32. The molecule has 1 N–H and O–H groups in total. The van der Waals surface area contributed by atoms with Crippen LogP contribution in [-0.4, -0.2) is 37.1 Å². The van der Waals surface area contributed by atoms with Gasteiger partial charge < -0.3 is 10.2 Å². The Morgan fingerprint density at radius 3 is 2.80 bits per heavy atom. The Hall–Kier alpha value is -0.340. The molecule has 2 nitrogen and oxygen atoms in total. The molecule has 0 aliphatic carbocycles. The van der Waals surface area contributed by atoms with Gasteiger partial charge in [0.1, 0.15) is 0 Å². The molecule has 15 heavy (non-hydrogen) atoms. The summed E-state index contributed by atoms with van der Waals surface area (Å²) < 4.78 is 0. The van der Waals surface area contributed by atoms with Gasteiger partial charge in [-0.3, -0.25) is 0 Å². The Kier molecular flexibility index (Phi) is 5.96. The van der Waals surface area contributed by atoms with Crippen molar-refractivity contribution in [3.05, 3.63) is 12.7 Å². The fourth-order valence-corrected chi connectivity index (χ4v) is 2.28. The highest BCUT2D eigenvalue weighted by Gasteiger charge is 2.20. The van der Waals surface area contributed by atoms with Crippen LogP contribution in [0.3, 0.4) is 0 Å². The van der Waals surface area contributed by atoms with Crippen LogP contribution in [0.4, 0.5) is 0 Å². The van der Waals surface area contributed by atoms with E-state index < -0.39 is 0 Å². The second kappa shape index (κ2) is 7.02. The lowest BCUT2D eigenvalue weighted by atomic mass is 10.1. The molecule has 88 valence electrons. The van der Waals surface area contributed by atoms with Gasteiger partial charge >= 0.3 is 0 Å². The van der Waals surface area contributed by atoms with Crippen molar-refractivity contribution >= 4 is 0 Å². The molecule has 2 atom stereocenters. The molecule has 1 rings (SSSR count). The summed E-state index contributed by atoms with van der Waals surface area (Å²) in [5, 5.41) is 3.60. The number of hydrogen-bond acceptors (Lipinski definition) is 2. The van der Waals surface area contributed by atoms with Crippen LogP contribution < -0.4 is 5.32 Å². The van der Waals surface area contributed by atoms with Gasteiger partial charge in [-0.15, -0.1) is 6.58 Å². The van der Waals surface area contributed by atoms with Gasteiger partial charge in [0.2, 0.25) is 0 Å². The third-order valence-corrected chi connectivity index (χ3v) is 3.33. The van der Waals surface area contributed by atoms with Gasteiger partial charge in [0.25, 0.3) is 0 Å². The number of nitrogens with one attached hydrogen (secondary N) is 1. The van der Waals surface area contributed by atoms with Gasteiger partial charge in [0.15, 0.2) is 0 Å². The molecule has 1 aliphatic heterocycles. The molecule has 1 aliphatic rings. The van der Waals surface area contributed by atoms with Gasteiger partial charge in [0, 0.05) is 12.6 Å². The maximum atomic E-state index is 3.78. The number of nitrogens with zero attached hydrogens (tertiary/aromatic N) is 1. The van der Waals surface area contributed by atoms with E-state index in [0.717, 1.165) is 24.9 Å². The first kappa shape index (κ1) is 12.7. The van der Waals surface area contributed by atoms with Crippen LogP contribution in [0.2, 0.25) is 0 Å². The van der Waals surface area contributed by atoms with E-state index in [1.165, 1.54) is 32.5 Å². The highest BCUT2D eigenvalue weighted by atomic mass is 15.1. The first-order valence-electron chi connectivity index (χ1n) is 6.32. The van der Waals surface area contributed by atoms with Crippen molar-refractivity contribution in [2.24, 2.45) is 5.92 Å². The predicted molar refractivity (Wildman–Crippen MR) is 67.1 cm³/mol. The summed E-state index contributed by atoms with van der Waals surface area (Å²) in [5.74, 6) is 0.873. The molecule has 0 radical (unpaired) electrons. The zero-order valence-corrected chi connectivity index (χ0v) is 10.3. The van der Waals surface area contributed by atoms with Crippen molar-refractivity contribution in [1.82, 2.24) is 10.2 Å². The Labute approximate surface area is 94.7 Å². The van der Waals surface area contributed by atoms with Gasteiger partial charge in [-0.25, -0.2) is 0 Å². The number of rotatable bonds is 7. The van der Waals surface area contributed by atoms with Crippen molar-refractivity contribution in [1.29, 1.82) is 0 Å². The molecule has 0 aromatic rings. The lowest BCUT2D eigenvalue weighted by Crippen LogP contribution is -2.31. The molecule has 2 heteroatoms. The minimum Gasteiger partial charge on any atom is -0.314 e. The molecule has 1 heterocycles. The molecule has 1 saturated heterocycles. The second-order valence-electron chi connectivity index (χ2n) is 4.75. The Bertz CT molecular complexity index is 179. The molecular formula is C13H26N2. The van der Waals surface area contributed by atoms with E-state index in [1.54, 1.807) is 0 Å². The average Bonchev–Trinajstić information content (AvgIpc) is 2.65. The maximum absolute atomic E-state index is 3.78. The zero-order chi connectivity index (χ0) is 11.1. The normalized spacial score (nSPS) is 26.1. The van der Waals surface area contributed by atoms with E-state index in [2.05, 4.69) is 30.6 Å². The van der Waals surface area contributed by atoms with Crippen LogP contribution in [0, 0.1) is 5.92 Å². The summed E-state index contributed by atoms with van der Waals surface area (Å²) in [7, 11) is 0. The van der Waals surface area contributed by atoms with E-state index >= 15 is 0 Å². The van der Waals surface area contributed by atoms with Gasteiger partial charge in [-0.2, -0.15) is 0 Å². The summed E-state index contributed by atoms with van der Waals surface area (Å²) in [6, 6.07) is 0.762. The van der Waals surface area contributed by atoms with Crippen molar-refractivity contribution in [2.45, 2.75) is 39.2 Å². The third-order valence-electron chi connectivity index (χ3n) is 3.33. The van der Waals surface area contributed by atoms with Crippen LogP contribution >= 0.6 is 0 Å². The minimum atomic E-state index is 0.762. The molecule has 0 aromatic carbocycles. The summed E-state index contributed by atoms with van der Waals surface area (Å²) in [5.41, 5.74) is 0. The summed E-state index contributed by atoms with van der Waals surface area (Å²) in [4.78, 5) is 2.52. The molecular weight excluding hydrogens is 184 g/mol. The fraction of sp³-hybridized carbons (Fsp3) is 0.846. The lowest BCUT2D eigenvalue weighted by molar-refractivity contribution is 0.276. The van der Waals surface area contributed by atoms with Crippen LogP contribution in [0.5, 0.6) is 0 Å². The summed E-state index contributed by atoms with van der Waals surface area (Å²) in [6.07, 6.45) is 5.79. The van der Waals surface area contributed by atoms with E-state index in [0.29, 0.717) is 0 Å². The van der Waals surface area contributed by atoms with Crippen molar-refractivity contribution < 1.29 is 0 Å². The van der Waals surface area contributed by atoms with Crippen molar-refractivity contribution in [3.63, 3.8) is 0 Å². The monoisotopic (exact) mass is 210 g/mol. The molecule has 0 amide bonds. The quantitative estimate of drug-likeness (QED) is 0.649. The topological polar surface area (TPSA) is 15.3 Å². The molecule has 2 unspecified atom stereocenters. The van der Waals surface area contributed by atoms with E-state index in [1.807, 2.05) is 6.08 Å². The van der Waals surface area contributed by atoms with E-state index in [-0.39, 0.29) is 0 Å². The van der Waals surface area contributed by atoms with Crippen LogP contribution in [0.15, 0.2) is 12.7 Å². The van der Waals surface area contributed by atoms with Crippen molar-refractivity contribution in [3.8, 4) is 0 Å². The van der Waals surface area contributed by atoms with Crippen LogP contribution in [0.1, 0.15) is 33.1 Å². The second-order valence-corrected chi connectivity index (χ2v) is 4.75. The van der Waals surface area contributed by atoms with E-state index in [9.17, 15) is 0 Å². The largest absolute Gasteiger partial charge is 0.314 e. The SMILES string of the molecule is C=CCCN(CC)CCC1CC(C)CN1.